The maximum Gasteiger partial charge on any atom is 0.408 e. The van der Waals surface area contributed by atoms with E-state index in [0.29, 0.717) is 4.96 Å². The highest BCUT2D eigenvalue weighted by Gasteiger charge is 2.26. The summed E-state index contributed by atoms with van der Waals surface area (Å²) in [4.78, 5) is 30.4. The van der Waals surface area contributed by atoms with Crippen LogP contribution in [0.3, 0.4) is 0 Å². The maximum atomic E-state index is 13.3. The van der Waals surface area contributed by atoms with Crippen LogP contribution in [0.4, 0.5) is 15.1 Å². The molecule has 2 aromatic carbocycles. The first-order chi connectivity index (χ1) is 16.2. The summed E-state index contributed by atoms with van der Waals surface area (Å²) in [5.41, 5.74) is 1.66. The van der Waals surface area contributed by atoms with Crippen LogP contribution in [-0.4, -0.2) is 38.2 Å². The Bertz CT molecular complexity index is 1300. The number of alkyl carbamates (subject to hydrolysis) is 1. The number of amides is 2. The summed E-state index contributed by atoms with van der Waals surface area (Å²) in [5, 5.41) is 11.6. The summed E-state index contributed by atoms with van der Waals surface area (Å²) < 4.78 is 20.2. The van der Waals surface area contributed by atoms with Crippen molar-refractivity contribution in [1.29, 1.82) is 0 Å². The molecular weight excluding hydrogens is 457 g/mol. The van der Waals surface area contributed by atoms with Crippen molar-refractivity contribution >= 4 is 34.2 Å². The minimum Gasteiger partial charge on any atom is -0.444 e. The highest BCUT2D eigenvalue weighted by atomic mass is 32.1. The average molecular weight is 482 g/mol. The number of aromatic nitrogens is 3. The van der Waals surface area contributed by atoms with Crippen LogP contribution >= 0.6 is 11.3 Å². The van der Waals surface area contributed by atoms with Crippen LogP contribution in [-0.2, 0) is 16.0 Å². The van der Waals surface area contributed by atoms with E-state index in [4.69, 9.17) is 4.74 Å². The van der Waals surface area contributed by atoms with E-state index in [0.717, 1.165) is 16.8 Å². The molecule has 0 saturated heterocycles. The molecule has 2 aromatic heterocycles. The molecule has 2 heterocycles. The first kappa shape index (κ1) is 23.4. The molecule has 0 aliphatic rings. The third-order valence-electron chi connectivity index (χ3n) is 4.75. The van der Waals surface area contributed by atoms with Crippen LogP contribution in [0.25, 0.3) is 16.2 Å². The molecule has 0 saturated carbocycles. The van der Waals surface area contributed by atoms with Gasteiger partial charge in [-0.2, -0.15) is 4.98 Å². The van der Waals surface area contributed by atoms with Gasteiger partial charge in [-0.3, -0.25) is 10.1 Å². The zero-order chi connectivity index (χ0) is 24.3. The predicted octanol–water partition coefficient (Wildman–Crippen LogP) is 4.67. The minimum absolute atomic E-state index is 0.101. The van der Waals surface area contributed by atoms with E-state index >= 15 is 0 Å². The molecule has 34 heavy (non-hydrogen) atoms. The molecule has 0 aliphatic carbocycles. The van der Waals surface area contributed by atoms with Crippen LogP contribution < -0.4 is 10.6 Å². The number of nitrogens with one attached hydrogen (secondary N) is 2. The number of hydrogen-bond donors (Lipinski definition) is 2. The fraction of sp³-hybridized carbons (Fsp3) is 0.250. The van der Waals surface area contributed by atoms with E-state index in [1.165, 1.54) is 23.5 Å². The van der Waals surface area contributed by atoms with Gasteiger partial charge in [-0.05, 0) is 50.6 Å². The fourth-order valence-corrected chi connectivity index (χ4v) is 4.09. The SMILES string of the molecule is CC(C)(C)OC(=O)NC(Cc1ccccc1)C(=O)Nc1nc2scc(-c3ccc(F)cc3)n2n1. The van der Waals surface area contributed by atoms with Gasteiger partial charge in [0.25, 0.3) is 5.95 Å². The van der Waals surface area contributed by atoms with Crippen molar-refractivity contribution in [2.24, 2.45) is 0 Å². The van der Waals surface area contributed by atoms with Crippen molar-refractivity contribution in [3.8, 4) is 11.3 Å². The molecule has 10 heteroatoms. The standard InChI is InChI=1S/C24H24FN5O3S/c1-24(2,3)33-23(32)26-18(13-15-7-5-4-6-8-15)20(31)27-21-28-22-30(29-21)19(14-34-22)16-9-11-17(25)12-10-16/h4-12,14,18H,13H2,1-3H3,(H,26,32)(H,27,29,31). The van der Waals surface area contributed by atoms with Crippen LogP contribution in [0.1, 0.15) is 26.3 Å². The van der Waals surface area contributed by atoms with Crippen molar-refractivity contribution in [3.05, 3.63) is 71.4 Å². The Morgan fingerprint density at radius 2 is 1.82 bits per heavy atom. The van der Waals surface area contributed by atoms with E-state index in [2.05, 4.69) is 20.7 Å². The number of rotatable bonds is 6. The van der Waals surface area contributed by atoms with Gasteiger partial charge in [0, 0.05) is 17.4 Å². The normalized spacial score (nSPS) is 12.4. The Hall–Kier alpha value is -3.79. The number of fused-ring (bicyclic) bond motifs is 1. The van der Waals surface area contributed by atoms with E-state index in [9.17, 15) is 14.0 Å². The van der Waals surface area contributed by atoms with Gasteiger partial charge in [-0.1, -0.05) is 30.3 Å². The molecular formula is C24H24FN5O3S. The first-order valence-electron chi connectivity index (χ1n) is 10.6. The molecule has 176 valence electrons. The third-order valence-corrected chi connectivity index (χ3v) is 5.56. The molecule has 1 atom stereocenters. The lowest BCUT2D eigenvalue weighted by molar-refractivity contribution is -0.118. The number of carbonyl (C=O) groups is 2. The molecule has 0 spiro atoms. The molecule has 0 bridgehead atoms. The van der Waals surface area contributed by atoms with Crippen LogP contribution in [0.2, 0.25) is 0 Å². The number of halogens is 1. The lowest BCUT2D eigenvalue weighted by atomic mass is 10.1. The summed E-state index contributed by atoms with van der Waals surface area (Å²) in [6.45, 7) is 5.25. The molecule has 0 fully saturated rings. The first-order valence-corrected chi connectivity index (χ1v) is 11.5. The number of anilines is 1. The van der Waals surface area contributed by atoms with E-state index in [-0.39, 0.29) is 18.2 Å². The van der Waals surface area contributed by atoms with Gasteiger partial charge < -0.3 is 10.1 Å². The minimum atomic E-state index is -0.907. The highest BCUT2D eigenvalue weighted by Crippen LogP contribution is 2.26. The van der Waals surface area contributed by atoms with Crippen molar-refractivity contribution in [3.63, 3.8) is 0 Å². The van der Waals surface area contributed by atoms with Gasteiger partial charge in [-0.15, -0.1) is 16.4 Å². The summed E-state index contributed by atoms with van der Waals surface area (Å²) >= 11 is 1.34. The van der Waals surface area contributed by atoms with Crippen LogP contribution in [0, 0.1) is 5.82 Å². The number of ether oxygens (including phenoxy) is 1. The number of carbonyl (C=O) groups excluding carboxylic acids is 2. The number of benzene rings is 2. The van der Waals surface area contributed by atoms with Gasteiger partial charge in [0.2, 0.25) is 10.9 Å². The molecule has 0 aliphatic heterocycles. The summed E-state index contributed by atoms with van der Waals surface area (Å²) in [7, 11) is 0. The summed E-state index contributed by atoms with van der Waals surface area (Å²) in [6, 6.07) is 14.5. The molecule has 4 rings (SSSR count). The second kappa shape index (κ2) is 9.60. The second-order valence-electron chi connectivity index (χ2n) is 8.64. The topological polar surface area (TPSA) is 97.6 Å². The van der Waals surface area contributed by atoms with Crippen molar-refractivity contribution in [2.45, 2.75) is 38.8 Å². The van der Waals surface area contributed by atoms with Gasteiger partial charge in [0.15, 0.2) is 0 Å². The molecule has 1 unspecified atom stereocenters. The van der Waals surface area contributed by atoms with Crippen molar-refractivity contribution in [2.75, 3.05) is 5.32 Å². The Balaban J connectivity index is 1.54. The smallest absolute Gasteiger partial charge is 0.408 e. The zero-order valence-corrected chi connectivity index (χ0v) is 19.7. The number of nitrogens with zero attached hydrogens (tertiary/aromatic N) is 3. The molecule has 8 nitrogen and oxygen atoms in total. The van der Waals surface area contributed by atoms with Gasteiger partial charge in [0.1, 0.15) is 17.5 Å². The van der Waals surface area contributed by atoms with Crippen molar-refractivity contribution in [1.82, 2.24) is 19.9 Å². The second-order valence-corrected chi connectivity index (χ2v) is 9.47. The van der Waals surface area contributed by atoms with Gasteiger partial charge in [0.05, 0.1) is 5.69 Å². The summed E-state index contributed by atoms with van der Waals surface area (Å²) in [6.07, 6.45) is -0.435. The highest BCUT2D eigenvalue weighted by molar-refractivity contribution is 7.15. The molecule has 0 radical (unpaired) electrons. The predicted molar refractivity (Wildman–Crippen MR) is 128 cm³/mol. The van der Waals surface area contributed by atoms with Crippen LogP contribution in [0.5, 0.6) is 0 Å². The molecule has 2 N–H and O–H groups in total. The summed E-state index contributed by atoms with van der Waals surface area (Å²) in [5.74, 6) is -0.704. The van der Waals surface area contributed by atoms with E-state index in [1.807, 2.05) is 35.7 Å². The number of hydrogen-bond acceptors (Lipinski definition) is 6. The van der Waals surface area contributed by atoms with Crippen LogP contribution in [0.15, 0.2) is 60.0 Å². The third kappa shape index (κ3) is 5.76. The maximum absolute atomic E-state index is 13.3. The molecule has 2 amide bonds. The van der Waals surface area contributed by atoms with E-state index in [1.54, 1.807) is 37.4 Å². The average Bonchev–Trinajstić information content (AvgIpc) is 3.33. The largest absolute Gasteiger partial charge is 0.444 e. The Labute approximate surface area is 199 Å². The molecule has 4 aromatic rings. The van der Waals surface area contributed by atoms with E-state index < -0.39 is 23.6 Å². The van der Waals surface area contributed by atoms with Crippen molar-refractivity contribution < 1.29 is 18.7 Å². The number of thiazole rings is 1. The zero-order valence-electron chi connectivity index (χ0n) is 18.9. The Morgan fingerprint density at radius 1 is 1.12 bits per heavy atom. The quantitative estimate of drug-likeness (QED) is 0.417. The monoisotopic (exact) mass is 481 g/mol. The van der Waals surface area contributed by atoms with Gasteiger partial charge >= 0.3 is 6.09 Å². The Morgan fingerprint density at radius 3 is 2.50 bits per heavy atom. The lowest BCUT2D eigenvalue weighted by Gasteiger charge is -2.23. The Kier molecular flexibility index (Phi) is 6.60. The lowest BCUT2D eigenvalue weighted by Crippen LogP contribution is -2.47. The fourth-order valence-electron chi connectivity index (χ4n) is 3.26. The van der Waals surface area contributed by atoms with Gasteiger partial charge in [-0.25, -0.2) is 13.7 Å².